The largest absolute Gasteiger partial charge is 0.444 e. The fourth-order valence-corrected chi connectivity index (χ4v) is 1.62. The van der Waals surface area contributed by atoms with Gasteiger partial charge in [-0.25, -0.2) is 4.79 Å². The van der Waals surface area contributed by atoms with Gasteiger partial charge in [-0.15, -0.1) is 0 Å². The Labute approximate surface area is 115 Å². The molecular weight excluding hydrogens is 246 g/mol. The van der Waals surface area contributed by atoms with Gasteiger partial charge in [-0.2, -0.15) is 0 Å². The lowest BCUT2D eigenvalue weighted by atomic mass is 9.95. The highest BCUT2D eigenvalue weighted by Crippen LogP contribution is 2.11. The molecule has 0 aromatic heterocycles. The second kappa shape index (κ2) is 7.48. The molecule has 5 heteroatoms. The molecule has 0 rings (SSSR count). The summed E-state index contributed by atoms with van der Waals surface area (Å²) in [5.41, 5.74) is -0.614. The molecular formula is C14H27NO4. The third kappa shape index (κ3) is 7.15. The normalized spacial score (nSPS) is 14.9. The van der Waals surface area contributed by atoms with E-state index >= 15 is 0 Å². The molecule has 0 bridgehead atoms. The van der Waals surface area contributed by atoms with Gasteiger partial charge >= 0.3 is 6.09 Å². The lowest BCUT2D eigenvalue weighted by Gasteiger charge is -2.26. The van der Waals surface area contributed by atoms with Crippen molar-refractivity contribution in [1.29, 1.82) is 0 Å². The van der Waals surface area contributed by atoms with Crippen molar-refractivity contribution in [2.75, 3.05) is 0 Å². The Morgan fingerprint density at radius 3 is 2.16 bits per heavy atom. The zero-order valence-electron chi connectivity index (χ0n) is 12.8. The first-order valence-corrected chi connectivity index (χ1v) is 6.79. The van der Waals surface area contributed by atoms with E-state index in [0.29, 0.717) is 12.8 Å². The average Bonchev–Trinajstić information content (AvgIpc) is 2.22. The van der Waals surface area contributed by atoms with E-state index in [1.54, 1.807) is 20.8 Å². The van der Waals surface area contributed by atoms with Gasteiger partial charge in [-0.05, 0) is 33.1 Å². The lowest BCUT2D eigenvalue weighted by molar-refractivity contribution is -0.130. The van der Waals surface area contributed by atoms with Crippen LogP contribution in [0.3, 0.4) is 0 Å². The predicted octanol–water partition coefficient (Wildman–Crippen LogP) is 2.27. The van der Waals surface area contributed by atoms with Crippen molar-refractivity contribution >= 4 is 11.9 Å². The van der Waals surface area contributed by atoms with Crippen LogP contribution in [-0.4, -0.2) is 34.7 Å². The van der Waals surface area contributed by atoms with E-state index in [2.05, 4.69) is 5.32 Å². The zero-order chi connectivity index (χ0) is 15.2. The van der Waals surface area contributed by atoms with Crippen LogP contribution in [0.25, 0.3) is 0 Å². The predicted molar refractivity (Wildman–Crippen MR) is 73.9 cm³/mol. The number of aliphatic hydroxyl groups excluding tert-OH is 1. The van der Waals surface area contributed by atoms with Gasteiger partial charge in [0.05, 0.1) is 6.04 Å². The molecule has 0 fully saturated rings. The van der Waals surface area contributed by atoms with Gasteiger partial charge in [0.2, 0.25) is 0 Å². The van der Waals surface area contributed by atoms with Crippen molar-refractivity contribution in [3.8, 4) is 0 Å². The molecule has 0 saturated carbocycles. The summed E-state index contributed by atoms with van der Waals surface area (Å²) in [6.45, 7) is 10.8. The minimum absolute atomic E-state index is 0.105. The number of carbonyl (C=O) groups excluding carboxylic acids is 2. The average molecular weight is 273 g/mol. The monoisotopic (exact) mass is 273 g/mol. The number of ether oxygens (including phenoxy) is 1. The summed E-state index contributed by atoms with van der Waals surface area (Å²) >= 11 is 0. The van der Waals surface area contributed by atoms with Crippen LogP contribution in [0.4, 0.5) is 4.79 Å². The summed E-state index contributed by atoms with van der Waals surface area (Å²) in [6.07, 6.45) is -0.557. The van der Waals surface area contributed by atoms with E-state index < -0.39 is 23.8 Å². The van der Waals surface area contributed by atoms with E-state index in [9.17, 15) is 14.7 Å². The molecule has 0 heterocycles. The Hall–Kier alpha value is -1.10. The Morgan fingerprint density at radius 2 is 1.79 bits per heavy atom. The Morgan fingerprint density at radius 1 is 1.26 bits per heavy atom. The second-order valence-electron chi connectivity index (χ2n) is 6.07. The number of amides is 1. The minimum Gasteiger partial charge on any atom is -0.444 e. The van der Waals surface area contributed by atoms with Crippen molar-refractivity contribution in [3.63, 3.8) is 0 Å². The maximum absolute atomic E-state index is 12.1. The van der Waals surface area contributed by atoms with Gasteiger partial charge in [-0.1, -0.05) is 27.2 Å². The first-order valence-electron chi connectivity index (χ1n) is 6.79. The zero-order valence-corrected chi connectivity index (χ0v) is 12.8. The quantitative estimate of drug-likeness (QED) is 0.778. The Bertz CT molecular complexity index is 307. The first-order chi connectivity index (χ1) is 8.58. The summed E-state index contributed by atoms with van der Waals surface area (Å²) in [5.74, 6) is -0.464. The molecule has 0 aromatic rings. The van der Waals surface area contributed by atoms with Crippen molar-refractivity contribution < 1.29 is 19.4 Å². The number of aliphatic hydroxyl groups is 1. The maximum atomic E-state index is 12.1. The third-order valence-electron chi connectivity index (χ3n) is 2.54. The number of hydrogen-bond acceptors (Lipinski definition) is 4. The molecule has 0 radical (unpaired) electrons. The highest BCUT2D eigenvalue weighted by atomic mass is 16.6. The van der Waals surface area contributed by atoms with Gasteiger partial charge in [-0.3, -0.25) is 4.79 Å². The molecule has 1 unspecified atom stereocenters. The molecule has 0 saturated heterocycles. The summed E-state index contributed by atoms with van der Waals surface area (Å²) in [4.78, 5) is 23.7. The summed E-state index contributed by atoms with van der Waals surface area (Å²) in [6, 6.07) is -0.726. The van der Waals surface area contributed by atoms with E-state index in [1.165, 1.54) is 0 Å². The van der Waals surface area contributed by atoms with Crippen molar-refractivity contribution in [2.24, 2.45) is 5.92 Å². The van der Waals surface area contributed by atoms with E-state index in [-0.39, 0.29) is 11.7 Å². The van der Waals surface area contributed by atoms with Crippen molar-refractivity contribution in [2.45, 2.75) is 72.1 Å². The third-order valence-corrected chi connectivity index (χ3v) is 2.54. The summed E-state index contributed by atoms with van der Waals surface area (Å²) in [7, 11) is 0. The SMILES string of the molecule is CCCC(O)C(=O)[C@@H](NC(=O)OC(C)(C)C)C(C)C. The molecule has 19 heavy (non-hydrogen) atoms. The molecule has 112 valence electrons. The molecule has 0 spiro atoms. The van der Waals surface area contributed by atoms with Gasteiger partial charge in [0.15, 0.2) is 5.78 Å². The smallest absolute Gasteiger partial charge is 0.408 e. The van der Waals surface area contributed by atoms with Crippen LogP contribution in [-0.2, 0) is 9.53 Å². The molecule has 0 aliphatic rings. The van der Waals surface area contributed by atoms with Gasteiger partial charge in [0.1, 0.15) is 11.7 Å². The highest BCUT2D eigenvalue weighted by molar-refractivity contribution is 5.90. The lowest BCUT2D eigenvalue weighted by Crippen LogP contribution is -2.49. The number of Topliss-reactive ketones (excluding diaryl/α,β-unsaturated/α-hetero) is 1. The number of hydrogen-bond donors (Lipinski definition) is 2. The summed E-state index contributed by atoms with van der Waals surface area (Å²) in [5, 5.41) is 12.3. The van der Waals surface area contributed by atoms with Crippen LogP contribution < -0.4 is 5.32 Å². The fourth-order valence-electron chi connectivity index (χ4n) is 1.62. The molecule has 2 N–H and O–H groups in total. The molecule has 5 nitrogen and oxygen atoms in total. The number of carbonyl (C=O) groups is 2. The standard InChI is InChI=1S/C14H27NO4/c1-7-8-10(16)12(17)11(9(2)3)15-13(18)19-14(4,5)6/h9-11,16H,7-8H2,1-6H3,(H,15,18)/t10?,11-/m0/s1. The van der Waals surface area contributed by atoms with Crippen molar-refractivity contribution in [3.05, 3.63) is 0 Å². The number of nitrogens with one attached hydrogen (secondary N) is 1. The molecule has 0 aromatic carbocycles. The van der Waals surface area contributed by atoms with Crippen LogP contribution in [0.15, 0.2) is 0 Å². The van der Waals surface area contributed by atoms with Gasteiger partial charge in [0.25, 0.3) is 0 Å². The summed E-state index contributed by atoms with van der Waals surface area (Å²) < 4.78 is 5.12. The van der Waals surface area contributed by atoms with E-state index in [1.807, 2.05) is 20.8 Å². The number of alkyl carbamates (subject to hydrolysis) is 1. The topological polar surface area (TPSA) is 75.6 Å². The van der Waals surface area contributed by atoms with Crippen LogP contribution in [0.2, 0.25) is 0 Å². The van der Waals surface area contributed by atoms with Crippen LogP contribution in [0.5, 0.6) is 0 Å². The van der Waals surface area contributed by atoms with Crippen LogP contribution >= 0.6 is 0 Å². The molecule has 0 aliphatic carbocycles. The number of ketones is 1. The minimum atomic E-state index is -1.03. The maximum Gasteiger partial charge on any atom is 0.408 e. The molecule has 0 aliphatic heterocycles. The van der Waals surface area contributed by atoms with Crippen molar-refractivity contribution in [1.82, 2.24) is 5.32 Å². The van der Waals surface area contributed by atoms with Crippen LogP contribution in [0.1, 0.15) is 54.4 Å². The number of rotatable bonds is 6. The van der Waals surface area contributed by atoms with Crippen LogP contribution in [0, 0.1) is 5.92 Å². The fraction of sp³-hybridized carbons (Fsp3) is 0.857. The molecule has 1 amide bonds. The highest BCUT2D eigenvalue weighted by Gasteiger charge is 2.30. The second-order valence-corrected chi connectivity index (χ2v) is 6.07. The van der Waals surface area contributed by atoms with E-state index in [0.717, 1.165) is 0 Å². The first kappa shape index (κ1) is 17.9. The Balaban J connectivity index is 4.66. The Kier molecular flexibility index (Phi) is 7.05. The molecule has 2 atom stereocenters. The van der Waals surface area contributed by atoms with Gasteiger partial charge < -0.3 is 15.2 Å². The van der Waals surface area contributed by atoms with Gasteiger partial charge in [0, 0.05) is 0 Å². The van der Waals surface area contributed by atoms with E-state index in [4.69, 9.17) is 4.74 Å².